The number of anilines is 2. The highest BCUT2D eigenvalue weighted by atomic mass is 15.3. The topological polar surface area (TPSA) is 45.2 Å². The first-order valence-corrected chi connectivity index (χ1v) is 7.94. The molecule has 0 saturated carbocycles. The number of hydrogen-bond donors (Lipinski definition) is 0. The highest BCUT2D eigenvalue weighted by molar-refractivity contribution is 5.83. The summed E-state index contributed by atoms with van der Waals surface area (Å²) in [4.78, 5) is 18.1. The van der Waals surface area contributed by atoms with Crippen molar-refractivity contribution in [2.45, 2.75) is 6.92 Å². The second kappa shape index (κ2) is 5.83. The monoisotopic (exact) mass is 305 g/mol. The van der Waals surface area contributed by atoms with Gasteiger partial charge in [-0.2, -0.15) is 0 Å². The summed E-state index contributed by atoms with van der Waals surface area (Å²) >= 11 is 0. The molecule has 0 atom stereocenters. The molecular weight excluding hydrogens is 286 g/mol. The van der Waals surface area contributed by atoms with E-state index < -0.39 is 0 Å². The van der Waals surface area contributed by atoms with Gasteiger partial charge in [0.15, 0.2) is 0 Å². The number of aromatic nitrogens is 3. The van der Waals surface area contributed by atoms with Crippen molar-refractivity contribution in [1.29, 1.82) is 0 Å². The standard InChI is InChI=1S/C18H19N5/c1-14-13-17(21-16-6-3-2-5-15(14)16)22-9-11-23(12-10-22)18-19-7-4-8-20-18/h2-8,13H,9-12H2,1H3. The van der Waals surface area contributed by atoms with Gasteiger partial charge in [0.2, 0.25) is 5.95 Å². The van der Waals surface area contributed by atoms with Crippen LogP contribution in [-0.2, 0) is 0 Å². The smallest absolute Gasteiger partial charge is 0.225 e. The Balaban J connectivity index is 1.54. The predicted octanol–water partition coefficient (Wildman–Crippen LogP) is 2.66. The van der Waals surface area contributed by atoms with E-state index in [1.165, 1.54) is 10.9 Å². The summed E-state index contributed by atoms with van der Waals surface area (Å²) in [5, 5.41) is 1.23. The first-order valence-electron chi connectivity index (χ1n) is 7.94. The van der Waals surface area contributed by atoms with E-state index >= 15 is 0 Å². The Labute approximate surface area is 135 Å². The Morgan fingerprint density at radius 1 is 0.870 bits per heavy atom. The quantitative estimate of drug-likeness (QED) is 0.728. The minimum absolute atomic E-state index is 0.815. The number of piperazine rings is 1. The molecule has 0 radical (unpaired) electrons. The fourth-order valence-corrected chi connectivity index (χ4v) is 3.08. The third-order valence-electron chi connectivity index (χ3n) is 4.35. The zero-order chi connectivity index (χ0) is 15.6. The number of para-hydroxylation sites is 1. The van der Waals surface area contributed by atoms with E-state index in [4.69, 9.17) is 4.98 Å². The first kappa shape index (κ1) is 13.9. The lowest BCUT2D eigenvalue weighted by atomic mass is 10.1. The molecule has 1 aliphatic heterocycles. The van der Waals surface area contributed by atoms with Gasteiger partial charge >= 0.3 is 0 Å². The average molecular weight is 305 g/mol. The molecule has 1 aromatic carbocycles. The molecule has 3 heterocycles. The van der Waals surface area contributed by atoms with Crippen LogP contribution in [0.25, 0.3) is 10.9 Å². The molecule has 5 heteroatoms. The molecule has 0 spiro atoms. The molecule has 0 unspecified atom stereocenters. The van der Waals surface area contributed by atoms with Crippen molar-refractivity contribution in [2.75, 3.05) is 36.0 Å². The van der Waals surface area contributed by atoms with Crippen LogP contribution in [0, 0.1) is 6.92 Å². The molecule has 116 valence electrons. The Kier molecular flexibility index (Phi) is 3.54. The molecule has 23 heavy (non-hydrogen) atoms. The third-order valence-corrected chi connectivity index (χ3v) is 4.35. The lowest BCUT2D eigenvalue weighted by Crippen LogP contribution is -2.47. The summed E-state index contributed by atoms with van der Waals surface area (Å²) in [5.74, 6) is 1.88. The Bertz CT molecular complexity index is 810. The van der Waals surface area contributed by atoms with E-state index in [9.17, 15) is 0 Å². The fourth-order valence-electron chi connectivity index (χ4n) is 3.08. The largest absolute Gasteiger partial charge is 0.353 e. The molecule has 3 aromatic rings. The van der Waals surface area contributed by atoms with Crippen LogP contribution in [0.15, 0.2) is 48.8 Å². The van der Waals surface area contributed by atoms with E-state index in [2.05, 4.69) is 51.0 Å². The van der Waals surface area contributed by atoms with Crippen molar-refractivity contribution in [3.63, 3.8) is 0 Å². The average Bonchev–Trinajstić information content (AvgIpc) is 2.63. The molecule has 0 bridgehead atoms. The summed E-state index contributed by atoms with van der Waals surface area (Å²) in [6.07, 6.45) is 3.59. The van der Waals surface area contributed by atoms with E-state index in [1.54, 1.807) is 12.4 Å². The van der Waals surface area contributed by atoms with Gasteiger partial charge in [-0.25, -0.2) is 15.0 Å². The van der Waals surface area contributed by atoms with Crippen LogP contribution in [-0.4, -0.2) is 41.1 Å². The molecule has 1 fully saturated rings. The van der Waals surface area contributed by atoms with Crippen LogP contribution in [0.1, 0.15) is 5.56 Å². The third kappa shape index (κ3) is 2.70. The van der Waals surface area contributed by atoms with Crippen LogP contribution in [0.5, 0.6) is 0 Å². The van der Waals surface area contributed by atoms with Gasteiger partial charge in [-0.15, -0.1) is 0 Å². The predicted molar refractivity (Wildman–Crippen MR) is 92.9 cm³/mol. The number of hydrogen-bond acceptors (Lipinski definition) is 5. The lowest BCUT2D eigenvalue weighted by molar-refractivity contribution is 0.635. The summed E-state index contributed by atoms with van der Waals surface area (Å²) < 4.78 is 0. The molecule has 1 saturated heterocycles. The highest BCUT2D eigenvalue weighted by Crippen LogP contribution is 2.23. The van der Waals surface area contributed by atoms with Crippen LogP contribution >= 0.6 is 0 Å². The molecule has 0 aliphatic carbocycles. The minimum atomic E-state index is 0.815. The summed E-state index contributed by atoms with van der Waals surface area (Å²) in [6, 6.07) is 12.4. The van der Waals surface area contributed by atoms with Crippen molar-refractivity contribution in [2.24, 2.45) is 0 Å². The van der Waals surface area contributed by atoms with E-state index in [-0.39, 0.29) is 0 Å². The van der Waals surface area contributed by atoms with Crippen LogP contribution in [0.3, 0.4) is 0 Å². The summed E-state index contributed by atoms with van der Waals surface area (Å²) in [6.45, 7) is 5.85. The van der Waals surface area contributed by atoms with Crippen molar-refractivity contribution in [3.05, 3.63) is 54.4 Å². The second-order valence-corrected chi connectivity index (χ2v) is 5.84. The molecule has 2 aromatic heterocycles. The molecule has 1 aliphatic rings. The molecule has 0 N–H and O–H groups in total. The molecule has 4 rings (SSSR count). The maximum absolute atomic E-state index is 4.83. The van der Waals surface area contributed by atoms with Gasteiger partial charge < -0.3 is 9.80 Å². The Morgan fingerprint density at radius 3 is 2.35 bits per heavy atom. The van der Waals surface area contributed by atoms with Crippen LogP contribution < -0.4 is 9.80 Å². The maximum Gasteiger partial charge on any atom is 0.225 e. The van der Waals surface area contributed by atoms with E-state index in [0.717, 1.165) is 43.5 Å². The van der Waals surface area contributed by atoms with E-state index in [0.29, 0.717) is 0 Å². The van der Waals surface area contributed by atoms with Gasteiger partial charge in [-0.1, -0.05) is 18.2 Å². The fraction of sp³-hybridized carbons (Fsp3) is 0.278. The molecule has 5 nitrogen and oxygen atoms in total. The van der Waals surface area contributed by atoms with Crippen molar-refractivity contribution in [1.82, 2.24) is 15.0 Å². The van der Waals surface area contributed by atoms with Crippen molar-refractivity contribution in [3.8, 4) is 0 Å². The SMILES string of the molecule is Cc1cc(N2CCN(c3ncccn3)CC2)nc2ccccc12. The van der Waals surface area contributed by atoms with Gasteiger partial charge in [-0.3, -0.25) is 0 Å². The van der Waals surface area contributed by atoms with E-state index in [1.807, 2.05) is 12.1 Å². The number of nitrogens with zero attached hydrogens (tertiary/aromatic N) is 5. The molecular formula is C18H19N5. The number of fused-ring (bicyclic) bond motifs is 1. The summed E-state index contributed by atoms with van der Waals surface area (Å²) in [5.41, 5.74) is 2.34. The lowest BCUT2D eigenvalue weighted by Gasteiger charge is -2.35. The molecule has 0 amide bonds. The zero-order valence-corrected chi connectivity index (χ0v) is 13.2. The minimum Gasteiger partial charge on any atom is -0.353 e. The van der Waals surface area contributed by atoms with Gasteiger partial charge in [0.05, 0.1) is 5.52 Å². The first-order chi connectivity index (χ1) is 11.3. The number of pyridine rings is 1. The summed E-state index contributed by atoms with van der Waals surface area (Å²) in [7, 11) is 0. The van der Waals surface area contributed by atoms with Crippen molar-refractivity contribution < 1.29 is 0 Å². The zero-order valence-electron chi connectivity index (χ0n) is 13.2. The normalized spacial score (nSPS) is 15.2. The van der Waals surface area contributed by atoms with Gasteiger partial charge in [0, 0.05) is 44.0 Å². The number of aryl methyl sites for hydroxylation is 1. The Morgan fingerprint density at radius 2 is 1.57 bits per heavy atom. The second-order valence-electron chi connectivity index (χ2n) is 5.84. The Hall–Kier alpha value is -2.69. The van der Waals surface area contributed by atoms with Gasteiger partial charge in [-0.05, 0) is 30.7 Å². The van der Waals surface area contributed by atoms with Gasteiger partial charge in [0.1, 0.15) is 5.82 Å². The van der Waals surface area contributed by atoms with Gasteiger partial charge in [0.25, 0.3) is 0 Å². The van der Waals surface area contributed by atoms with Crippen LogP contribution in [0.2, 0.25) is 0 Å². The number of benzene rings is 1. The van der Waals surface area contributed by atoms with Crippen LogP contribution in [0.4, 0.5) is 11.8 Å². The highest BCUT2D eigenvalue weighted by Gasteiger charge is 2.20. The maximum atomic E-state index is 4.83. The van der Waals surface area contributed by atoms with Crippen molar-refractivity contribution >= 4 is 22.7 Å². The number of rotatable bonds is 2.